The highest BCUT2D eigenvalue weighted by atomic mass is 35.5. The van der Waals surface area contributed by atoms with Gasteiger partial charge in [0, 0.05) is 21.3 Å². The third kappa shape index (κ3) is 4.65. The number of hydrogen-bond acceptors (Lipinski definition) is 3. The van der Waals surface area contributed by atoms with Crippen LogP contribution >= 0.6 is 46.4 Å². The van der Waals surface area contributed by atoms with Crippen molar-refractivity contribution in [1.82, 2.24) is 4.98 Å². The molecule has 29 heavy (non-hydrogen) atoms. The number of benzene rings is 3. The molecule has 4 rings (SSSR count). The minimum Gasteiger partial charge on any atom is -0.436 e. The first kappa shape index (κ1) is 20.0. The standard InChI is InChI=1S/C22H12Cl4N2O/c23-14-4-3-13(18(25)10-14)2-1-9-27-16-6-8-21-20(12-16)28-22(29-21)17-7-5-15(24)11-19(17)26/h1-12H. The zero-order valence-electron chi connectivity index (χ0n) is 14.7. The Bertz CT molecular complexity index is 1260. The van der Waals surface area contributed by atoms with Crippen molar-refractivity contribution in [3.05, 3.63) is 86.3 Å². The smallest absolute Gasteiger partial charge is 0.228 e. The maximum absolute atomic E-state index is 6.25. The van der Waals surface area contributed by atoms with Crippen molar-refractivity contribution in [2.75, 3.05) is 0 Å². The Morgan fingerprint density at radius 1 is 0.828 bits per heavy atom. The van der Waals surface area contributed by atoms with Gasteiger partial charge in [-0.05, 0) is 60.2 Å². The third-order valence-electron chi connectivity index (χ3n) is 4.08. The molecule has 4 aromatic rings. The van der Waals surface area contributed by atoms with Crippen LogP contribution in [0.15, 0.2) is 70.1 Å². The Labute approximate surface area is 187 Å². The van der Waals surface area contributed by atoms with Gasteiger partial charge in [0.05, 0.1) is 16.3 Å². The number of hydrogen-bond donors (Lipinski definition) is 0. The second-order valence-electron chi connectivity index (χ2n) is 6.10. The van der Waals surface area contributed by atoms with Crippen LogP contribution in [0.25, 0.3) is 28.6 Å². The fraction of sp³-hybridized carbons (Fsp3) is 0. The molecule has 0 amide bonds. The summed E-state index contributed by atoms with van der Waals surface area (Å²) in [6.45, 7) is 0. The van der Waals surface area contributed by atoms with Crippen molar-refractivity contribution in [1.29, 1.82) is 0 Å². The zero-order valence-corrected chi connectivity index (χ0v) is 17.8. The molecular formula is C22H12Cl4N2O. The monoisotopic (exact) mass is 460 g/mol. The number of halogens is 4. The quantitative estimate of drug-likeness (QED) is 0.285. The fourth-order valence-corrected chi connectivity index (χ4v) is 3.65. The lowest BCUT2D eigenvalue weighted by Crippen LogP contribution is -1.79. The van der Waals surface area contributed by atoms with Crippen molar-refractivity contribution in [2.45, 2.75) is 0 Å². The SMILES string of the molecule is Clc1ccc(C=CC=Nc2ccc3oc(-c4ccc(Cl)cc4Cl)nc3c2)c(Cl)c1. The summed E-state index contributed by atoms with van der Waals surface area (Å²) in [6.07, 6.45) is 5.35. The molecule has 0 radical (unpaired) electrons. The zero-order chi connectivity index (χ0) is 20.4. The number of oxazole rings is 1. The number of aromatic nitrogens is 1. The second kappa shape index (κ2) is 8.60. The maximum Gasteiger partial charge on any atom is 0.228 e. The summed E-state index contributed by atoms with van der Waals surface area (Å²) in [6, 6.07) is 16.0. The molecule has 0 aliphatic heterocycles. The third-order valence-corrected chi connectivity index (χ3v) is 5.19. The van der Waals surface area contributed by atoms with Crippen LogP contribution in [0.1, 0.15) is 5.56 Å². The molecule has 1 heterocycles. The van der Waals surface area contributed by atoms with Gasteiger partial charge >= 0.3 is 0 Å². The molecule has 0 unspecified atom stereocenters. The fourth-order valence-electron chi connectivity index (χ4n) is 2.69. The predicted octanol–water partition coefficient (Wildman–Crippen LogP) is 8.52. The van der Waals surface area contributed by atoms with E-state index in [1.165, 1.54) is 0 Å². The van der Waals surface area contributed by atoms with Crippen molar-refractivity contribution in [3.8, 4) is 11.5 Å². The summed E-state index contributed by atoms with van der Waals surface area (Å²) in [5, 5.41) is 2.22. The molecule has 0 aliphatic rings. The van der Waals surface area contributed by atoms with Gasteiger partial charge in [0.2, 0.25) is 5.89 Å². The Hall–Kier alpha value is -2.30. The molecule has 3 nitrogen and oxygen atoms in total. The van der Waals surface area contributed by atoms with E-state index in [9.17, 15) is 0 Å². The molecule has 7 heteroatoms. The Balaban J connectivity index is 1.56. The Morgan fingerprint density at radius 2 is 1.59 bits per heavy atom. The number of rotatable bonds is 4. The van der Waals surface area contributed by atoms with Gasteiger partial charge in [-0.1, -0.05) is 58.5 Å². The highest BCUT2D eigenvalue weighted by Crippen LogP contribution is 2.32. The molecule has 0 aliphatic carbocycles. The average Bonchev–Trinajstić information content (AvgIpc) is 3.09. The number of fused-ring (bicyclic) bond motifs is 1. The van der Waals surface area contributed by atoms with Gasteiger partial charge in [-0.15, -0.1) is 0 Å². The first-order valence-corrected chi connectivity index (χ1v) is 10.0. The van der Waals surface area contributed by atoms with Gasteiger partial charge < -0.3 is 4.42 Å². The van der Waals surface area contributed by atoms with Crippen LogP contribution in [0.5, 0.6) is 0 Å². The maximum atomic E-state index is 6.25. The van der Waals surface area contributed by atoms with E-state index in [2.05, 4.69) is 9.98 Å². The lowest BCUT2D eigenvalue weighted by atomic mass is 10.2. The molecule has 3 aromatic carbocycles. The molecule has 1 aromatic heterocycles. The first-order chi connectivity index (χ1) is 14.0. The largest absolute Gasteiger partial charge is 0.436 e. The van der Waals surface area contributed by atoms with Gasteiger partial charge in [-0.2, -0.15) is 0 Å². The topological polar surface area (TPSA) is 38.4 Å². The average molecular weight is 462 g/mol. The molecule has 0 fully saturated rings. The van der Waals surface area contributed by atoms with Crippen LogP contribution in [0.4, 0.5) is 5.69 Å². The van der Waals surface area contributed by atoms with Crippen molar-refractivity contribution >= 4 is 75.5 Å². The van der Waals surface area contributed by atoms with Gasteiger partial charge in [0.25, 0.3) is 0 Å². The van der Waals surface area contributed by atoms with Crippen LogP contribution in [-0.4, -0.2) is 11.2 Å². The van der Waals surface area contributed by atoms with Crippen molar-refractivity contribution < 1.29 is 4.42 Å². The minimum absolute atomic E-state index is 0.431. The van der Waals surface area contributed by atoms with Gasteiger partial charge in [-0.3, -0.25) is 4.99 Å². The number of nitrogens with zero attached hydrogens (tertiary/aromatic N) is 2. The van der Waals surface area contributed by atoms with Gasteiger partial charge in [0.15, 0.2) is 5.58 Å². The van der Waals surface area contributed by atoms with Gasteiger partial charge in [0.1, 0.15) is 5.52 Å². The summed E-state index contributed by atoms with van der Waals surface area (Å²) in [5.41, 5.74) is 3.62. The van der Waals surface area contributed by atoms with E-state index < -0.39 is 0 Å². The van der Waals surface area contributed by atoms with E-state index in [1.54, 1.807) is 42.6 Å². The Morgan fingerprint density at radius 3 is 2.34 bits per heavy atom. The lowest BCUT2D eigenvalue weighted by molar-refractivity contribution is 0.620. The molecule has 0 saturated carbocycles. The highest BCUT2D eigenvalue weighted by molar-refractivity contribution is 6.36. The van der Waals surface area contributed by atoms with E-state index in [4.69, 9.17) is 50.8 Å². The van der Waals surface area contributed by atoms with E-state index in [1.807, 2.05) is 30.3 Å². The van der Waals surface area contributed by atoms with Crippen LogP contribution in [-0.2, 0) is 0 Å². The predicted molar refractivity (Wildman–Crippen MR) is 123 cm³/mol. The van der Waals surface area contributed by atoms with E-state index in [-0.39, 0.29) is 0 Å². The normalized spacial score (nSPS) is 11.9. The molecule has 0 saturated heterocycles. The number of aliphatic imine (C=N–C) groups is 1. The van der Waals surface area contributed by atoms with Crippen molar-refractivity contribution in [2.24, 2.45) is 4.99 Å². The van der Waals surface area contributed by atoms with E-state index in [0.29, 0.717) is 42.6 Å². The molecule has 0 N–H and O–H groups in total. The van der Waals surface area contributed by atoms with Crippen LogP contribution < -0.4 is 0 Å². The first-order valence-electron chi connectivity index (χ1n) is 8.51. The Kier molecular flexibility index (Phi) is 5.93. The molecule has 144 valence electrons. The van der Waals surface area contributed by atoms with Gasteiger partial charge in [-0.25, -0.2) is 4.98 Å². The van der Waals surface area contributed by atoms with Crippen LogP contribution in [0.3, 0.4) is 0 Å². The van der Waals surface area contributed by atoms with Crippen LogP contribution in [0.2, 0.25) is 20.1 Å². The second-order valence-corrected chi connectivity index (χ2v) is 7.79. The summed E-state index contributed by atoms with van der Waals surface area (Å²) in [4.78, 5) is 8.94. The van der Waals surface area contributed by atoms with E-state index >= 15 is 0 Å². The van der Waals surface area contributed by atoms with Crippen LogP contribution in [0, 0.1) is 0 Å². The number of allylic oxidation sites excluding steroid dienone is 1. The minimum atomic E-state index is 0.431. The van der Waals surface area contributed by atoms with Crippen molar-refractivity contribution in [3.63, 3.8) is 0 Å². The molecular weight excluding hydrogens is 450 g/mol. The summed E-state index contributed by atoms with van der Waals surface area (Å²) in [5.74, 6) is 0.431. The van der Waals surface area contributed by atoms with E-state index in [0.717, 1.165) is 11.3 Å². The molecule has 0 atom stereocenters. The summed E-state index contributed by atoms with van der Waals surface area (Å²) >= 11 is 24.2. The molecule has 0 spiro atoms. The lowest BCUT2D eigenvalue weighted by Gasteiger charge is -1.98. The summed E-state index contributed by atoms with van der Waals surface area (Å²) in [7, 11) is 0. The molecule has 0 bridgehead atoms. The highest BCUT2D eigenvalue weighted by Gasteiger charge is 2.12. The summed E-state index contributed by atoms with van der Waals surface area (Å²) < 4.78 is 5.81.